The second-order valence-corrected chi connectivity index (χ2v) is 12.8. The van der Waals surface area contributed by atoms with Gasteiger partial charge in [-0.3, -0.25) is 0 Å². The predicted molar refractivity (Wildman–Crippen MR) is 96.0 cm³/mol. The highest BCUT2D eigenvalue weighted by Crippen LogP contribution is 2.28. The van der Waals surface area contributed by atoms with E-state index >= 15 is 0 Å². The largest absolute Gasteiger partial charge is 0.361 e. The molecule has 0 aliphatic rings. The lowest BCUT2D eigenvalue weighted by Gasteiger charge is -2.16. The molecule has 7 heteroatoms. The summed E-state index contributed by atoms with van der Waals surface area (Å²) in [6.07, 6.45) is 9.16. The Morgan fingerprint density at radius 1 is 1.26 bits per heavy atom. The Kier molecular flexibility index (Phi) is 4.56. The average Bonchev–Trinajstić information content (AvgIpc) is 3.13. The summed E-state index contributed by atoms with van der Waals surface area (Å²) in [5.74, 6) is 0. The van der Waals surface area contributed by atoms with Gasteiger partial charge in [-0.1, -0.05) is 31.2 Å². The van der Waals surface area contributed by atoms with Gasteiger partial charge in [0.2, 0.25) is 0 Å². The van der Waals surface area contributed by atoms with E-state index in [1.165, 1.54) is 0 Å². The Hall–Kier alpha value is -1.63. The van der Waals surface area contributed by atoms with Crippen molar-refractivity contribution in [1.29, 1.82) is 0 Å². The van der Waals surface area contributed by atoms with Crippen LogP contribution in [0.3, 0.4) is 0 Å². The molecule has 0 N–H and O–H groups in total. The highest BCUT2D eigenvalue weighted by atomic mass is 35.5. The number of imidazole rings is 1. The maximum absolute atomic E-state index is 6.32. The summed E-state index contributed by atoms with van der Waals surface area (Å²) in [6.45, 7) is 8.31. The van der Waals surface area contributed by atoms with E-state index in [2.05, 4.69) is 29.6 Å². The van der Waals surface area contributed by atoms with Crippen LogP contribution in [0.1, 0.15) is 0 Å². The van der Waals surface area contributed by atoms with E-state index in [0.29, 0.717) is 11.9 Å². The highest BCUT2D eigenvalue weighted by molar-refractivity contribution is 6.76. The molecule has 0 atom stereocenters. The lowest BCUT2D eigenvalue weighted by molar-refractivity contribution is 0.0902. The molecule has 3 rings (SSSR count). The highest BCUT2D eigenvalue weighted by Gasteiger charge is 2.14. The van der Waals surface area contributed by atoms with Gasteiger partial charge in [0.05, 0.1) is 23.7 Å². The van der Waals surface area contributed by atoms with E-state index in [4.69, 9.17) is 16.3 Å². The zero-order chi connectivity index (χ0) is 16.4. The molecule has 0 saturated carbocycles. The van der Waals surface area contributed by atoms with Crippen molar-refractivity contribution < 1.29 is 4.74 Å². The molecule has 3 heterocycles. The van der Waals surface area contributed by atoms with E-state index < -0.39 is 8.07 Å². The predicted octanol–water partition coefficient (Wildman–Crippen LogP) is 4.19. The number of nitrogens with zero attached hydrogens (tertiary/aromatic N) is 4. The first-order valence-electron chi connectivity index (χ1n) is 7.65. The quantitative estimate of drug-likeness (QED) is 0.381. The molecule has 0 amide bonds. The third kappa shape index (κ3) is 3.65. The number of fused-ring (bicyclic) bond motifs is 1. The minimum absolute atomic E-state index is 0.489. The van der Waals surface area contributed by atoms with Crippen molar-refractivity contribution in [3.63, 3.8) is 0 Å². The molecule has 0 aromatic carbocycles. The third-order valence-electron chi connectivity index (χ3n) is 3.74. The van der Waals surface area contributed by atoms with Crippen molar-refractivity contribution in [2.75, 3.05) is 6.61 Å². The van der Waals surface area contributed by atoms with Crippen molar-refractivity contribution in [3.05, 3.63) is 42.3 Å². The van der Waals surface area contributed by atoms with Gasteiger partial charge in [-0.25, -0.2) is 9.97 Å². The summed E-state index contributed by atoms with van der Waals surface area (Å²) in [7, 11) is -1.07. The summed E-state index contributed by atoms with van der Waals surface area (Å²) >= 11 is 6.32. The number of rotatable bonds is 6. The number of pyridine rings is 1. The SMILES string of the molecule is C[Si](C)(C)CCOCn1ccc2c(-n3ccnc3)cnc(Cl)c21. The number of halogens is 1. The Morgan fingerprint density at radius 2 is 2.09 bits per heavy atom. The second-order valence-electron chi connectivity index (χ2n) is 6.80. The van der Waals surface area contributed by atoms with Crippen molar-refractivity contribution in [1.82, 2.24) is 19.1 Å². The monoisotopic (exact) mass is 348 g/mol. The van der Waals surface area contributed by atoms with E-state index in [0.717, 1.165) is 29.2 Å². The molecule has 0 unspecified atom stereocenters. The van der Waals surface area contributed by atoms with Gasteiger partial charge >= 0.3 is 0 Å². The molecule has 0 spiro atoms. The van der Waals surface area contributed by atoms with Gasteiger partial charge in [0, 0.05) is 38.7 Å². The Labute approximate surface area is 141 Å². The van der Waals surface area contributed by atoms with Crippen LogP contribution < -0.4 is 0 Å². The number of hydrogen-bond donors (Lipinski definition) is 0. The first-order valence-corrected chi connectivity index (χ1v) is 11.7. The molecule has 3 aromatic rings. The van der Waals surface area contributed by atoms with Crippen LogP contribution in [-0.4, -0.2) is 33.8 Å². The molecule has 0 aliphatic carbocycles. The first kappa shape index (κ1) is 16.2. The maximum atomic E-state index is 6.32. The van der Waals surface area contributed by atoms with Gasteiger partial charge in [0.25, 0.3) is 0 Å². The van der Waals surface area contributed by atoms with Crippen molar-refractivity contribution in [3.8, 4) is 5.69 Å². The van der Waals surface area contributed by atoms with Crippen LogP contribution in [0.4, 0.5) is 0 Å². The summed E-state index contributed by atoms with van der Waals surface area (Å²) in [5, 5.41) is 1.53. The molecule has 0 bridgehead atoms. The van der Waals surface area contributed by atoms with Crippen molar-refractivity contribution >= 4 is 30.6 Å². The zero-order valence-corrected chi connectivity index (χ0v) is 15.4. The van der Waals surface area contributed by atoms with Crippen molar-refractivity contribution in [2.24, 2.45) is 0 Å². The molecule has 0 aliphatic heterocycles. The second kappa shape index (κ2) is 6.47. The van der Waals surface area contributed by atoms with Crippen LogP contribution in [0, 0.1) is 0 Å². The summed E-state index contributed by atoms with van der Waals surface area (Å²) < 4.78 is 9.78. The number of ether oxygens (including phenoxy) is 1. The van der Waals surface area contributed by atoms with Crippen LogP contribution in [0.25, 0.3) is 16.6 Å². The topological polar surface area (TPSA) is 44.9 Å². The normalized spacial score (nSPS) is 12.2. The van der Waals surface area contributed by atoms with Gasteiger partial charge in [-0.05, 0) is 12.1 Å². The van der Waals surface area contributed by atoms with Gasteiger partial charge in [-0.15, -0.1) is 0 Å². The van der Waals surface area contributed by atoms with Crippen LogP contribution in [0.2, 0.25) is 30.8 Å². The van der Waals surface area contributed by atoms with Gasteiger partial charge < -0.3 is 13.9 Å². The fourth-order valence-electron chi connectivity index (χ4n) is 2.41. The van der Waals surface area contributed by atoms with E-state index in [9.17, 15) is 0 Å². The number of hydrogen-bond acceptors (Lipinski definition) is 3. The lowest BCUT2D eigenvalue weighted by atomic mass is 10.3. The van der Waals surface area contributed by atoms with E-state index in [1.54, 1.807) is 18.7 Å². The van der Waals surface area contributed by atoms with E-state index in [1.807, 2.05) is 27.6 Å². The van der Waals surface area contributed by atoms with E-state index in [-0.39, 0.29) is 0 Å². The molecular weight excluding hydrogens is 328 g/mol. The number of aromatic nitrogens is 4. The van der Waals surface area contributed by atoms with Gasteiger partial charge in [0.1, 0.15) is 6.73 Å². The van der Waals surface area contributed by atoms with Crippen molar-refractivity contribution in [2.45, 2.75) is 32.4 Å². The third-order valence-corrected chi connectivity index (χ3v) is 5.73. The molecule has 0 fully saturated rings. The molecule has 3 aromatic heterocycles. The molecule has 0 radical (unpaired) electrons. The molecule has 0 saturated heterocycles. The Balaban J connectivity index is 1.84. The molecule has 5 nitrogen and oxygen atoms in total. The average molecular weight is 349 g/mol. The first-order chi connectivity index (χ1) is 11.0. The molecule has 23 heavy (non-hydrogen) atoms. The maximum Gasteiger partial charge on any atom is 0.153 e. The fourth-order valence-corrected chi connectivity index (χ4v) is 3.43. The Bertz CT molecular complexity index is 792. The smallest absolute Gasteiger partial charge is 0.153 e. The van der Waals surface area contributed by atoms with Gasteiger partial charge in [0.15, 0.2) is 5.15 Å². The summed E-state index contributed by atoms with van der Waals surface area (Å²) in [4.78, 5) is 8.40. The zero-order valence-electron chi connectivity index (χ0n) is 13.7. The summed E-state index contributed by atoms with van der Waals surface area (Å²) in [6, 6.07) is 3.19. The standard InChI is InChI=1S/C16H21ClN4OSi/c1-23(2,3)9-8-22-12-21-6-4-13-14(20-7-5-18-11-20)10-19-16(17)15(13)21/h4-7,10-11H,8-9,12H2,1-3H3. The fraction of sp³-hybridized carbons (Fsp3) is 0.375. The summed E-state index contributed by atoms with van der Waals surface area (Å²) in [5.41, 5.74) is 1.86. The van der Waals surface area contributed by atoms with Crippen LogP contribution >= 0.6 is 11.6 Å². The Morgan fingerprint density at radius 3 is 2.78 bits per heavy atom. The lowest BCUT2D eigenvalue weighted by Crippen LogP contribution is -2.22. The minimum atomic E-state index is -1.07. The van der Waals surface area contributed by atoms with Crippen LogP contribution in [0.5, 0.6) is 0 Å². The molecule has 122 valence electrons. The van der Waals surface area contributed by atoms with Gasteiger partial charge in [-0.2, -0.15) is 0 Å². The van der Waals surface area contributed by atoms with Crippen LogP contribution in [0.15, 0.2) is 37.2 Å². The van der Waals surface area contributed by atoms with Crippen LogP contribution in [-0.2, 0) is 11.5 Å². The molecular formula is C16H21ClN4OSi. The minimum Gasteiger partial charge on any atom is -0.361 e.